The van der Waals surface area contributed by atoms with Crippen molar-refractivity contribution in [3.63, 3.8) is 0 Å². The largest absolute Gasteiger partial charge is 0.432 e. The quantitative estimate of drug-likeness (QED) is 0.812. The van der Waals surface area contributed by atoms with Crippen LogP contribution in [-0.2, 0) is 9.53 Å². The van der Waals surface area contributed by atoms with Crippen molar-refractivity contribution >= 4 is 24.4 Å². The molecule has 0 unspecified atom stereocenters. The van der Waals surface area contributed by atoms with Crippen LogP contribution in [0, 0.1) is 5.92 Å². The van der Waals surface area contributed by atoms with Crippen molar-refractivity contribution in [2.75, 3.05) is 19.6 Å². The molecule has 0 aromatic rings. The van der Waals surface area contributed by atoms with E-state index < -0.39 is 11.7 Å². The van der Waals surface area contributed by atoms with Crippen molar-refractivity contribution in [3.05, 3.63) is 0 Å². The maximum Gasteiger partial charge on any atom is 0.417 e. The average Bonchev–Trinajstić information content (AvgIpc) is 2.44. The van der Waals surface area contributed by atoms with E-state index in [0.29, 0.717) is 19.4 Å². The molecule has 2 amide bonds. The van der Waals surface area contributed by atoms with Gasteiger partial charge in [-0.1, -0.05) is 13.8 Å². The van der Waals surface area contributed by atoms with Gasteiger partial charge in [-0.2, -0.15) is 0 Å². The maximum atomic E-state index is 12.2. The fourth-order valence-corrected chi connectivity index (χ4v) is 2.26. The van der Waals surface area contributed by atoms with Crippen LogP contribution in [0.2, 0.25) is 0 Å². The van der Waals surface area contributed by atoms with E-state index in [-0.39, 0.29) is 24.2 Å². The third-order valence-corrected chi connectivity index (χ3v) is 3.10. The van der Waals surface area contributed by atoms with E-state index in [1.54, 1.807) is 0 Å². The summed E-state index contributed by atoms with van der Waals surface area (Å²) in [5, 5.41) is 3.16. The van der Waals surface area contributed by atoms with E-state index in [4.69, 9.17) is 4.74 Å². The number of imide groups is 1. The molecule has 2 saturated heterocycles. The predicted octanol–water partition coefficient (Wildman–Crippen LogP) is 1.17. The van der Waals surface area contributed by atoms with Crippen molar-refractivity contribution in [1.29, 1.82) is 0 Å². The average molecular weight is 263 g/mol. The van der Waals surface area contributed by atoms with E-state index in [9.17, 15) is 9.59 Å². The summed E-state index contributed by atoms with van der Waals surface area (Å²) in [7, 11) is 0. The van der Waals surface area contributed by atoms with Crippen LogP contribution in [0.5, 0.6) is 0 Å². The van der Waals surface area contributed by atoms with Gasteiger partial charge in [0.2, 0.25) is 0 Å². The van der Waals surface area contributed by atoms with Gasteiger partial charge in [0.15, 0.2) is 5.60 Å². The molecule has 0 radical (unpaired) electrons. The van der Waals surface area contributed by atoms with Crippen molar-refractivity contribution in [1.82, 2.24) is 10.2 Å². The van der Waals surface area contributed by atoms with Crippen molar-refractivity contribution in [3.8, 4) is 0 Å². The van der Waals surface area contributed by atoms with Crippen LogP contribution in [0.1, 0.15) is 26.7 Å². The minimum Gasteiger partial charge on any atom is -0.432 e. The zero-order chi connectivity index (χ0) is 11.8. The Morgan fingerprint density at radius 1 is 1.35 bits per heavy atom. The highest BCUT2D eigenvalue weighted by molar-refractivity contribution is 6.03. The first-order valence-corrected chi connectivity index (χ1v) is 5.81. The lowest BCUT2D eigenvalue weighted by atomic mass is 9.91. The summed E-state index contributed by atoms with van der Waals surface area (Å²) in [6.45, 7) is 5.87. The van der Waals surface area contributed by atoms with Gasteiger partial charge in [0, 0.05) is 19.4 Å². The zero-order valence-corrected chi connectivity index (χ0v) is 11.0. The van der Waals surface area contributed by atoms with Gasteiger partial charge in [0.1, 0.15) is 0 Å². The van der Waals surface area contributed by atoms with Gasteiger partial charge < -0.3 is 10.1 Å². The van der Waals surface area contributed by atoms with Crippen LogP contribution >= 0.6 is 12.4 Å². The summed E-state index contributed by atoms with van der Waals surface area (Å²) in [5.74, 6) is 0.126. The molecule has 1 spiro atoms. The first kappa shape index (κ1) is 14.3. The first-order valence-electron chi connectivity index (χ1n) is 5.81. The van der Waals surface area contributed by atoms with Crippen LogP contribution in [0.25, 0.3) is 0 Å². The molecule has 2 rings (SSSR count). The maximum absolute atomic E-state index is 12.2. The number of carbonyl (C=O) groups is 2. The Morgan fingerprint density at radius 3 is 2.47 bits per heavy atom. The van der Waals surface area contributed by atoms with Crippen molar-refractivity contribution < 1.29 is 14.3 Å². The first-order chi connectivity index (χ1) is 7.55. The number of halogens is 1. The third kappa shape index (κ3) is 2.55. The lowest BCUT2D eigenvalue weighted by molar-refractivity contribution is -0.139. The number of nitrogens with zero attached hydrogens (tertiary/aromatic N) is 1. The van der Waals surface area contributed by atoms with Gasteiger partial charge >= 0.3 is 6.09 Å². The molecule has 0 saturated carbocycles. The van der Waals surface area contributed by atoms with Gasteiger partial charge in [-0.05, 0) is 19.0 Å². The number of carbonyl (C=O) groups excluding carboxylic acids is 2. The van der Waals surface area contributed by atoms with Crippen molar-refractivity contribution in [2.24, 2.45) is 5.92 Å². The molecule has 0 aromatic carbocycles. The molecule has 0 bridgehead atoms. The Bertz CT molecular complexity index is 314. The second-order valence-electron chi connectivity index (χ2n) is 4.92. The fourth-order valence-electron chi connectivity index (χ4n) is 2.26. The monoisotopic (exact) mass is 262 g/mol. The molecule has 0 aromatic heterocycles. The standard InChI is InChI=1S/C11H18N2O3.ClH/c1-8(2)7-13-9(14)11(16-10(13)15)3-5-12-6-4-11;/h8,12H,3-7H2,1-2H3;1H. The summed E-state index contributed by atoms with van der Waals surface area (Å²) < 4.78 is 5.31. The number of ether oxygens (including phenoxy) is 1. The van der Waals surface area contributed by atoms with Crippen LogP contribution in [0.3, 0.4) is 0 Å². The molecule has 17 heavy (non-hydrogen) atoms. The lowest BCUT2D eigenvalue weighted by Gasteiger charge is -2.29. The van der Waals surface area contributed by atoms with E-state index in [0.717, 1.165) is 13.1 Å². The molecular formula is C11H19ClN2O3. The molecule has 0 aliphatic carbocycles. The van der Waals surface area contributed by atoms with Crippen molar-refractivity contribution in [2.45, 2.75) is 32.3 Å². The zero-order valence-electron chi connectivity index (χ0n) is 10.2. The minimum absolute atomic E-state index is 0. The smallest absolute Gasteiger partial charge is 0.417 e. The SMILES string of the molecule is CC(C)CN1C(=O)OC2(CCNCC2)C1=O.Cl. The van der Waals surface area contributed by atoms with E-state index >= 15 is 0 Å². The molecule has 2 heterocycles. The normalized spacial score (nSPS) is 22.9. The lowest BCUT2D eigenvalue weighted by Crippen LogP contribution is -2.49. The Labute approximate surface area is 107 Å². The summed E-state index contributed by atoms with van der Waals surface area (Å²) in [6, 6.07) is 0. The molecule has 98 valence electrons. The second kappa shape index (κ2) is 5.23. The van der Waals surface area contributed by atoms with Gasteiger partial charge in [-0.25, -0.2) is 9.69 Å². The Kier molecular flexibility index (Phi) is 4.38. The summed E-state index contributed by atoms with van der Waals surface area (Å²) in [4.78, 5) is 25.1. The molecule has 2 aliphatic heterocycles. The summed E-state index contributed by atoms with van der Waals surface area (Å²) in [6.07, 6.45) is 0.707. The van der Waals surface area contributed by atoms with Crippen LogP contribution in [0.15, 0.2) is 0 Å². The molecule has 0 atom stereocenters. The summed E-state index contributed by atoms with van der Waals surface area (Å²) >= 11 is 0. The molecule has 6 heteroatoms. The number of piperidine rings is 1. The third-order valence-electron chi connectivity index (χ3n) is 3.10. The minimum atomic E-state index is -0.864. The highest BCUT2D eigenvalue weighted by Gasteiger charge is 2.53. The van der Waals surface area contributed by atoms with Crippen LogP contribution < -0.4 is 5.32 Å². The Hall–Kier alpha value is -0.810. The topological polar surface area (TPSA) is 58.6 Å². The highest BCUT2D eigenvalue weighted by Crippen LogP contribution is 2.32. The second-order valence-corrected chi connectivity index (χ2v) is 4.92. The molecule has 1 N–H and O–H groups in total. The van der Waals surface area contributed by atoms with E-state index in [2.05, 4.69) is 5.32 Å². The molecule has 2 aliphatic rings. The number of hydrogen-bond donors (Lipinski definition) is 1. The number of rotatable bonds is 2. The Morgan fingerprint density at radius 2 is 1.94 bits per heavy atom. The number of hydrogen-bond acceptors (Lipinski definition) is 4. The van der Waals surface area contributed by atoms with Gasteiger partial charge in [-0.15, -0.1) is 12.4 Å². The van der Waals surface area contributed by atoms with Gasteiger partial charge in [-0.3, -0.25) is 4.79 Å². The summed E-state index contributed by atoms with van der Waals surface area (Å²) in [5.41, 5.74) is -0.864. The van der Waals surface area contributed by atoms with E-state index in [1.807, 2.05) is 13.8 Å². The number of nitrogens with one attached hydrogen (secondary N) is 1. The van der Waals surface area contributed by atoms with Gasteiger partial charge in [0.25, 0.3) is 5.91 Å². The fraction of sp³-hybridized carbons (Fsp3) is 0.818. The molecule has 5 nitrogen and oxygen atoms in total. The highest BCUT2D eigenvalue weighted by atomic mass is 35.5. The molecular weight excluding hydrogens is 244 g/mol. The predicted molar refractivity (Wildman–Crippen MR) is 65.1 cm³/mol. The van der Waals surface area contributed by atoms with Gasteiger partial charge in [0.05, 0.1) is 0 Å². The number of amides is 2. The van der Waals surface area contributed by atoms with Crippen LogP contribution in [0.4, 0.5) is 4.79 Å². The Balaban J connectivity index is 0.00000144. The van der Waals surface area contributed by atoms with Crippen LogP contribution in [-0.4, -0.2) is 42.1 Å². The molecule has 2 fully saturated rings. The van der Waals surface area contributed by atoms with E-state index in [1.165, 1.54) is 4.90 Å².